The number of nitrogens with zero attached hydrogens (tertiary/aromatic N) is 3. The number of carbonyl (C=O) groups is 2. The number of anilines is 1. The predicted octanol–water partition coefficient (Wildman–Crippen LogP) is 7.78. The molecule has 0 aliphatic carbocycles. The molecule has 4 aromatic rings. The van der Waals surface area contributed by atoms with Gasteiger partial charge in [0.15, 0.2) is 11.5 Å². The molecule has 0 radical (unpaired) electrons. The summed E-state index contributed by atoms with van der Waals surface area (Å²) < 4.78 is 23.2. The molecule has 4 heterocycles. The molecule has 3 saturated heterocycles. The van der Waals surface area contributed by atoms with Crippen LogP contribution in [0.25, 0.3) is 0 Å². The van der Waals surface area contributed by atoms with Gasteiger partial charge in [-0.05, 0) is 84.9 Å². The van der Waals surface area contributed by atoms with Crippen molar-refractivity contribution in [3.8, 4) is 11.5 Å². The number of hydrogen-bond acceptors (Lipinski definition) is 8. The minimum atomic E-state index is -0.782. The second-order valence-corrected chi connectivity index (χ2v) is 12.8. The Morgan fingerprint density at radius 1 is 0.917 bits per heavy atom. The van der Waals surface area contributed by atoms with E-state index < -0.39 is 18.2 Å². The molecule has 3 aliphatic rings. The van der Waals surface area contributed by atoms with E-state index in [9.17, 15) is 9.59 Å². The lowest BCUT2D eigenvalue weighted by molar-refractivity contribution is -0.0311. The molecule has 0 saturated carbocycles. The third-order valence-corrected chi connectivity index (χ3v) is 9.66. The molecule has 3 fully saturated rings. The molecular weight excluding hydrogens is 653 g/mol. The molecule has 11 heteroatoms. The van der Waals surface area contributed by atoms with Gasteiger partial charge in [-0.2, -0.15) is 0 Å². The Kier molecular flexibility index (Phi) is 10.7. The fraction of sp³-hybridized carbons (Fsp3) is 0.324. The van der Waals surface area contributed by atoms with Gasteiger partial charge in [-0.1, -0.05) is 59.6 Å². The summed E-state index contributed by atoms with van der Waals surface area (Å²) in [5.41, 5.74) is 3.02. The van der Waals surface area contributed by atoms with Gasteiger partial charge < -0.3 is 18.9 Å². The minimum Gasteiger partial charge on any atom is -0.493 e. The van der Waals surface area contributed by atoms with Crippen molar-refractivity contribution in [3.05, 3.63) is 117 Å². The number of hydrogen-bond donors (Lipinski definition) is 0. The van der Waals surface area contributed by atoms with Crippen molar-refractivity contribution < 1.29 is 28.5 Å². The molecule has 2 atom stereocenters. The number of fused-ring (bicyclic) bond motifs is 3. The molecule has 0 N–H and O–H groups in total. The SMILES string of the molecule is COc1ccc(C(Cc2c(Cl)cncc2Cl)OC(=O)c2cccc(CN(C(=O)O[C@H]3CN4CCC3CC4)c3ccccc3)c2)cc1OC. The van der Waals surface area contributed by atoms with E-state index in [4.69, 9.17) is 42.1 Å². The lowest BCUT2D eigenvalue weighted by Crippen LogP contribution is -2.53. The van der Waals surface area contributed by atoms with Gasteiger partial charge in [0.25, 0.3) is 0 Å². The van der Waals surface area contributed by atoms with Gasteiger partial charge in [0.05, 0.1) is 36.4 Å². The standard InChI is InChI=1S/C37H37Cl2N3O6/c1-45-32-12-11-26(18-34(32)46-2)33(19-29-30(38)20-40-21-31(29)39)47-36(43)27-8-6-7-24(17-27)22-42(28-9-4-3-5-10-28)37(44)48-35-23-41-15-13-25(35)14-16-41/h3-12,17-18,20-21,25,33,35H,13-16,19,22-23H2,1-2H3/t33?,35-/m0/s1. The Morgan fingerprint density at radius 2 is 1.65 bits per heavy atom. The molecule has 0 spiro atoms. The number of aromatic nitrogens is 1. The van der Waals surface area contributed by atoms with Crippen LogP contribution in [0.5, 0.6) is 11.5 Å². The van der Waals surface area contributed by atoms with Crippen molar-refractivity contribution in [1.29, 1.82) is 0 Å². The molecule has 1 amide bonds. The second-order valence-electron chi connectivity index (χ2n) is 12.0. The van der Waals surface area contributed by atoms with Crippen LogP contribution in [-0.2, 0) is 22.4 Å². The van der Waals surface area contributed by atoms with Crippen LogP contribution in [0.1, 0.15) is 46.0 Å². The normalized spacial score (nSPS) is 18.9. The Balaban J connectivity index is 1.24. The Morgan fingerprint density at radius 3 is 2.31 bits per heavy atom. The van der Waals surface area contributed by atoms with Gasteiger partial charge in [-0.25, -0.2) is 9.59 Å². The monoisotopic (exact) mass is 689 g/mol. The Hall–Kier alpha value is -4.31. The quantitative estimate of drug-likeness (QED) is 0.148. The molecule has 9 nitrogen and oxygen atoms in total. The summed E-state index contributed by atoms with van der Waals surface area (Å²) in [6, 6.07) is 21.8. The van der Waals surface area contributed by atoms with E-state index in [1.165, 1.54) is 19.5 Å². The molecule has 48 heavy (non-hydrogen) atoms. The minimum absolute atomic E-state index is 0.136. The first-order valence-corrected chi connectivity index (χ1v) is 16.6. The summed E-state index contributed by atoms with van der Waals surface area (Å²) in [6.07, 6.45) is 3.94. The van der Waals surface area contributed by atoms with Crippen molar-refractivity contribution in [2.75, 3.05) is 38.8 Å². The maximum Gasteiger partial charge on any atom is 0.414 e. The second kappa shape index (κ2) is 15.3. The molecule has 1 unspecified atom stereocenters. The number of ether oxygens (including phenoxy) is 4. The van der Waals surface area contributed by atoms with Gasteiger partial charge in [-0.3, -0.25) is 14.8 Å². The van der Waals surface area contributed by atoms with E-state index in [-0.39, 0.29) is 19.1 Å². The number of methoxy groups -OCH3 is 2. The van der Waals surface area contributed by atoms with Crippen LogP contribution in [0.3, 0.4) is 0 Å². The highest BCUT2D eigenvalue weighted by Crippen LogP contribution is 2.36. The number of pyridine rings is 1. The van der Waals surface area contributed by atoms with Gasteiger partial charge in [0.2, 0.25) is 0 Å². The zero-order valence-electron chi connectivity index (χ0n) is 26.8. The number of rotatable bonds is 11. The van der Waals surface area contributed by atoms with Gasteiger partial charge in [-0.15, -0.1) is 0 Å². The van der Waals surface area contributed by atoms with Crippen molar-refractivity contribution in [1.82, 2.24) is 9.88 Å². The average Bonchev–Trinajstić information content (AvgIpc) is 3.12. The van der Waals surface area contributed by atoms with E-state index in [0.29, 0.717) is 49.8 Å². The number of amides is 1. The van der Waals surface area contributed by atoms with Crippen molar-refractivity contribution >= 4 is 41.0 Å². The van der Waals surface area contributed by atoms with Crippen molar-refractivity contribution in [2.24, 2.45) is 5.92 Å². The summed E-state index contributed by atoms with van der Waals surface area (Å²) in [5, 5.41) is 0.717. The van der Waals surface area contributed by atoms with Crippen LogP contribution >= 0.6 is 23.2 Å². The molecule has 250 valence electrons. The van der Waals surface area contributed by atoms with Crippen molar-refractivity contribution in [2.45, 2.75) is 38.0 Å². The first kappa shape index (κ1) is 33.6. The van der Waals surface area contributed by atoms with E-state index in [1.807, 2.05) is 36.4 Å². The van der Waals surface area contributed by atoms with Crippen LogP contribution in [0.15, 0.2) is 85.2 Å². The van der Waals surface area contributed by atoms with Gasteiger partial charge in [0, 0.05) is 31.0 Å². The van der Waals surface area contributed by atoms with E-state index in [0.717, 1.165) is 38.0 Å². The average molecular weight is 691 g/mol. The number of esters is 1. The molecule has 3 aromatic carbocycles. The highest BCUT2D eigenvalue weighted by molar-refractivity contribution is 6.35. The fourth-order valence-electron chi connectivity index (χ4n) is 6.38. The largest absolute Gasteiger partial charge is 0.493 e. The molecule has 2 bridgehead atoms. The summed E-state index contributed by atoms with van der Waals surface area (Å²) in [4.78, 5) is 35.5. The number of benzene rings is 3. The first-order chi connectivity index (χ1) is 23.3. The third kappa shape index (κ3) is 7.70. The maximum absolute atomic E-state index is 13.8. The zero-order valence-corrected chi connectivity index (χ0v) is 28.3. The number of piperidine rings is 3. The highest BCUT2D eigenvalue weighted by atomic mass is 35.5. The lowest BCUT2D eigenvalue weighted by Gasteiger charge is -2.44. The molecule has 7 rings (SSSR count). The molecule has 3 aliphatic heterocycles. The van der Waals surface area contributed by atoms with Crippen molar-refractivity contribution in [3.63, 3.8) is 0 Å². The topological polar surface area (TPSA) is 90.4 Å². The van der Waals surface area contributed by atoms with Gasteiger partial charge in [0.1, 0.15) is 12.2 Å². The highest BCUT2D eigenvalue weighted by Gasteiger charge is 2.37. The third-order valence-electron chi connectivity index (χ3n) is 9.01. The van der Waals surface area contributed by atoms with Crippen LogP contribution in [-0.4, -0.2) is 61.9 Å². The lowest BCUT2D eigenvalue weighted by atomic mass is 9.86. The van der Waals surface area contributed by atoms with E-state index >= 15 is 0 Å². The molecule has 1 aromatic heterocycles. The fourth-order valence-corrected chi connectivity index (χ4v) is 6.90. The Labute approximate surface area is 290 Å². The smallest absolute Gasteiger partial charge is 0.414 e. The van der Waals surface area contributed by atoms with Gasteiger partial charge >= 0.3 is 12.1 Å². The molecular formula is C37H37Cl2N3O6. The number of carbonyl (C=O) groups excluding carboxylic acids is 2. The zero-order chi connectivity index (χ0) is 33.6. The summed E-state index contributed by atoms with van der Waals surface area (Å²) in [6.45, 7) is 3.07. The number of para-hydroxylation sites is 1. The maximum atomic E-state index is 13.8. The van der Waals surface area contributed by atoms with Crippen LogP contribution in [0.2, 0.25) is 10.0 Å². The summed E-state index contributed by atoms with van der Waals surface area (Å²) in [5.74, 6) is 0.842. The number of halogens is 2. The summed E-state index contributed by atoms with van der Waals surface area (Å²) in [7, 11) is 3.09. The Bertz CT molecular complexity index is 1730. The van der Waals surface area contributed by atoms with E-state index in [1.54, 1.807) is 48.4 Å². The predicted molar refractivity (Wildman–Crippen MR) is 184 cm³/mol. The van der Waals surface area contributed by atoms with E-state index in [2.05, 4.69) is 9.88 Å². The van der Waals surface area contributed by atoms with Crippen LogP contribution in [0, 0.1) is 5.92 Å². The van der Waals surface area contributed by atoms with Crippen LogP contribution in [0.4, 0.5) is 10.5 Å². The van der Waals surface area contributed by atoms with Crippen LogP contribution < -0.4 is 14.4 Å². The first-order valence-electron chi connectivity index (χ1n) is 15.9. The summed E-state index contributed by atoms with van der Waals surface area (Å²) >= 11 is 12.9.